The van der Waals surface area contributed by atoms with Crippen molar-refractivity contribution in [3.63, 3.8) is 0 Å². The number of benzene rings is 2. The molecule has 0 aromatic heterocycles. The number of para-hydroxylation sites is 1. The average Bonchev–Trinajstić information content (AvgIpc) is 2.59. The third kappa shape index (κ3) is 5.19. The van der Waals surface area contributed by atoms with Crippen molar-refractivity contribution in [1.29, 1.82) is 0 Å². The van der Waals surface area contributed by atoms with Gasteiger partial charge < -0.3 is 10.6 Å². The highest BCUT2D eigenvalue weighted by Gasteiger charge is 2.09. The van der Waals surface area contributed by atoms with Gasteiger partial charge in [-0.15, -0.1) is 0 Å². The molecule has 0 bridgehead atoms. The van der Waals surface area contributed by atoms with Crippen molar-refractivity contribution in [2.24, 2.45) is 0 Å². The van der Waals surface area contributed by atoms with E-state index in [0.717, 1.165) is 17.7 Å². The third-order valence-corrected chi connectivity index (χ3v) is 3.70. The number of anilines is 1. The second kappa shape index (κ2) is 8.82. The van der Waals surface area contributed by atoms with E-state index in [1.165, 1.54) is 6.07 Å². The molecule has 0 radical (unpaired) electrons. The third-order valence-electron chi connectivity index (χ3n) is 3.70. The van der Waals surface area contributed by atoms with Gasteiger partial charge in [-0.1, -0.05) is 43.3 Å². The van der Waals surface area contributed by atoms with E-state index in [0.29, 0.717) is 12.0 Å². The molecule has 5 heteroatoms. The van der Waals surface area contributed by atoms with Gasteiger partial charge in [-0.05, 0) is 36.1 Å². The average molecular weight is 328 g/mol. The van der Waals surface area contributed by atoms with Gasteiger partial charge in [-0.25, -0.2) is 4.39 Å². The summed E-state index contributed by atoms with van der Waals surface area (Å²) >= 11 is 0. The fourth-order valence-electron chi connectivity index (χ4n) is 2.36. The quantitative estimate of drug-likeness (QED) is 0.820. The minimum Gasteiger partial charge on any atom is -0.347 e. The maximum Gasteiger partial charge on any atom is 0.243 e. The molecule has 2 N–H and O–H groups in total. The maximum atomic E-state index is 13.5. The van der Waals surface area contributed by atoms with Crippen LogP contribution in [0.4, 0.5) is 10.1 Å². The number of nitrogens with one attached hydrogen (secondary N) is 2. The molecule has 126 valence electrons. The first kappa shape index (κ1) is 17.7. The van der Waals surface area contributed by atoms with Crippen LogP contribution in [0.25, 0.3) is 0 Å². The SMILES string of the molecule is CCc1ccccc1NC(=O)CNC(=O)CCc1ccccc1F. The largest absolute Gasteiger partial charge is 0.347 e. The second-order valence-electron chi connectivity index (χ2n) is 5.43. The number of rotatable bonds is 7. The van der Waals surface area contributed by atoms with Gasteiger partial charge in [0.2, 0.25) is 11.8 Å². The van der Waals surface area contributed by atoms with Gasteiger partial charge >= 0.3 is 0 Å². The molecular weight excluding hydrogens is 307 g/mol. The van der Waals surface area contributed by atoms with Crippen molar-refractivity contribution in [3.05, 3.63) is 65.5 Å². The lowest BCUT2D eigenvalue weighted by Gasteiger charge is -2.10. The number of carbonyl (C=O) groups excluding carboxylic acids is 2. The molecule has 0 unspecified atom stereocenters. The highest BCUT2D eigenvalue weighted by molar-refractivity contribution is 5.95. The number of hydrogen-bond donors (Lipinski definition) is 2. The summed E-state index contributed by atoms with van der Waals surface area (Å²) < 4.78 is 13.5. The molecule has 0 fully saturated rings. The first-order valence-electron chi connectivity index (χ1n) is 7.98. The molecular formula is C19H21FN2O2. The molecule has 0 atom stereocenters. The number of hydrogen-bond acceptors (Lipinski definition) is 2. The zero-order valence-corrected chi connectivity index (χ0v) is 13.6. The van der Waals surface area contributed by atoms with Crippen LogP contribution in [-0.2, 0) is 22.4 Å². The molecule has 0 saturated heterocycles. The molecule has 4 nitrogen and oxygen atoms in total. The molecule has 2 amide bonds. The fraction of sp³-hybridized carbons (Fsp3) is 0.263. The molecule has 0 aliphatic heterocycles. The normalized spacial score (nSPS) is 10.2. The van der Waals surface area contributed by atoms with Crippen molar-refractivity contribution in [2.45, 2.75) is 26.2 Å². The van der Waals surface area contributed by atoms with Gasteiger partial charge in [0.15, 0.2) is 0 Å². The van der Waals surface area contributed by atoms with Crippen LogP contribution in [0.15, 0.2) is 48.5 Å². The van der Waals surface area contributed by atoms with Gasteiger partial charge in [0, 0.05) is 12.1 Å². The Hall–Kier alpha value is -2.69. The Morgan fingerprint density at radius 3 is 2.33 bits per heavy atom. The van der Waals surface area contributed by atoms with Gasteiger partial charge in [0.25, 0.3) is 0 Å². The minimum atomic E-state index is -0.320. The van der Waals surface area contributed by atoms with Crippen LogP contribution in [0.3, 0.4) is 0 Å². The maximum absolute atomic E-state index is 13.5. The topological polar surface area (TPSA) is 58.2 Å². The summed E-state index contributed by atoms with van der Waals surface area (Å²) in [5, 5.41) is 5.34. The van der Waals surface area contributed by atoms with Crippen LogP contribution in [0, 0.1) is 5.82 Å². The molecule has 0 saturated carbocycles. The first-order valence-corrected chi connectivity index (χ1v) is 7.98. The number of carbonyl (C=O) groups is 2. The lowest BCUT2D eigenvalue weighted by atomic mass is 10.1. The second-order valence-corrected chi connectivity index (χ2v) is 5.43. The summed E-state index contributed by atoms with van der Waals surface area (Å²) in [4.78, 5) is 23.7. The van der Waals surface area contributed by atoms with Crippen molar-refractivity contribution in [3.8, 4) is 0 Å². The van der Waals surface area contributed by atoms with Crippen molar-refractivity contribution in [2.75, 3.05) is 11.9 Å². The standard InChI is InChI=1S/C19H21FN2O2/c1-2-14-7-4-6-10-17(14)22-19(24)13-21-18(23)12-11-15-8-3-5-9-16(15)20/h3-10H,2,11-13H2,1H3,(H,21,23)(H,22,24). The molecule has 2 aromatic rings. The lowest BCUT2D eigenvalue weighted by molar-refractivity contribution is -0.124. The van der Waals surface area contributed by atoms with Crippen molar-refractivity contribution < 1.29 is 14.0 Å². The minimum absolute atomic E-state index is 0.103. The Morgan fingerprint density at radius 2 is 1.62 bits per heavy atom. The number of halogens is 1. The van der Waals surface area contributed by atoms with Gasteiger partial charge in [-0.2, -0.15) is 0 Å². The molecule has 2 rings (SSSR count). The lowest BCUT2D eigenvalue weighted by Crippen LogP contribution is -2.33. The molecule has 0 aliphatic rings. The summed E-state index contributed by atoms with van der Waals surface area (Å²) in [6, 6.07) is 13.9. The summed E-state index contributed by atoms with van der Waals surface area (Å²) in [7, 11) is 0. The Labute approximate surface area is 141 Å². The van der Waals surface area contributed by atoms with E-state index >= 15 is 0 Å². The monoisotopic (exact) mass is 328 g/mol. The molecule has 0 spiro atoms. The van der Waals surface area contributed by atoms with Crippen LogP contribution in [0.1, 0.15) is 24.5 Å². The Morgan fingerprint density at radius 1 is 0.958 bits per heavy atom. The van der Waals surface area contributed by atoms with E-state index in [9.17, 15) is 14.0 Å². The zero-order chi connectivity index (χ0) is 17.4. The van der Waals surface area contributed by atoms with Crippen LogP contribution >= 0.6 is 0 Å². The van der Waals surface area contributed by atoms with Crippen LogP contribution < -0.4 is 10.6 Å². The van der Waals surface area contributed by atoms with Crippen molar-refractivity contribution >= 4 is 17.5 Å². The van der Waals surface area contributed by atoms with Crippen LogP contribution in [-0.4, -0.2) is 18.4 Å². The summed E-state index contributed by atoms with van der Waals surface area (Å²) in [5.41, 5.74) is 2.29. The molecule has 2 aromatic carbocycles. The molecule has 0 heterocycles. The summed E-state index contributed by atoms with van der Waals surface area (Å²) in [5.74, 6) is -0.883. The zero-order valence-electron chi connectivity index (χ0n) is 13.6. The number of aryl methyl sites for hydroxylation is 2. The van der Waals surface area contributed by atoms with E-state index in [2.05, 4.69) is 10.6 Å². The van der Waals surface area contributed by atoms with Crippen LogP contribution in [0.2, 0.25) is 0 Å². The first-order chi connectivity index (χ1) is 11.6. The van der Waals surface area contributed by atoms with Crippen molar-refractivity contribution in [1.82, 2.24) is 5.32 Å². The Kier molecular flexibility index (Phi) is 6.49. The smallest absolute Gasteiger partial charge is 0.243 e. The fourth-order valence-corrected chi connectivity index (χ4v) is 2.36. The Balaban J connectivity index is 1.77. The van der Waals surface area contributed by atoms with E-state index in [1.807, 2.05) is 31.2 Å². The van der Waals surface area contributed by atoms with E-state index in [1.54, 1.807) is 18.2 Å². The van der Waals surface area contributed by atoms with E-state index < -0.39 is 0 Å². The molecule has 0 aliphatic carbocycles. The summed E-state index contributed by atoms with van der Waals surface area (Å²) in [6.45, 7) is 1.91. The van der Waals surface area contributed by atoms with Gasteiger partial charge in [-0.3, -0.25) is 9.59 Å². The highest BCUT2D eigenvalue weighted by Crippen LogP contribution is 2.15. The van der Waals surface area contributed by atoms with E-state index in [-0.39, 0.29) is 30.6 Å². The summed E-state index contributed by atoms with van der Waals surface area (Å²) in [6.07, 6.45) is 1.25. The predicted molar refractivity (Wildman–Crippen MR) is 92.2 cm³/mol. The van der Waals surface area contributed by atoms with E-state index in [4.69, 9.17) is 0 Å². The Bertz CT molecular complexity index is 716. The predicted octanol–water partition coefficient (Wildman–Crippen LogP) is 3.08. The highest BCUT2D eigenvalue weighted by atomic mass is 19.1. The van der Waals surface area contributed by atoms with Crippen LogP contribution in [0.5, 0.6) is 0 Å². The van der Waals surface area contributed by atoms with Gasteiger partial charge in [0.1, 0.15) is 5.82 Å². The molecule has 24 heavy (non-hydrogen) atoms. The number of amides is 2. The van der Waals surface area contributed by atoms with Gasteiger partial charge in [0.05, 0.1) is 6.54 Å².